The van der Waals surface area contributed by atoms with Gasteiger partial charge in [0.05, 0.1) is 11.6 Å². The van der Waals surface area contributed by atoms with E-state index in [9.17, 15) is 0 Å². The zero-order valence-electron chi connectivity index (χ0n) is 11.7. The van der Waals surface area contributed by atoms with Crippen molar-refractivity contribution in [1.82, 2.24) is 14.5 Å². The van der Waals surface area contributed by atoms with Gasteiger partial charge in [-0.3, -0.25) is 0 Å². The van der Waals surface area contributed by atoms with Crippen molar-refractivity contribution in [1.29, 1.82) is 0 Å². The number of alkyl halides is 1. The van der Waals surface area contributed by atoms with Crippen molar-refractivity contribution >= 4 is 34.4 Å². The first-order valence-electron chi connectivity index (χ1n) is 6.79. The summed E-state index contributed by atoms with van der Waals surface area (Å²) in [5.74, 6) is 1.47. The summed E-state index contributed by atoms with van der Waals surface area (Å²) in [4.78, 5) is 9.03. The highest BCUT2D eigenvalue weighted by Crippen LogP contribution is 2.20. The molecule has 2 aromatic heterocycles. The lowest BCUT2D eigenvalue weighted by Crippen LogP contribution is -2.06. The van der Waals surface area contributed by atoms with Crippen LogP contribution in [0.5, 0.6) is 0 Å². The van der Waals surface area contributed by atoms with Gasteiger partial charge in [0.2, 0.25) is 0 Å². The molecule has 0 spiro atoms. The van der Waals surface area contributed by atoms with Gasteiger partial charge >= 0.3 is 0 Å². The molecule has 0 bridgehead atoms. The highest BCUT2D eigenvalue weighted by atomic mass is 35.5. The molecule has 0 saturated heterocycles. The van der Waals surface area contributed by atoms with Crippen molar-refractivity contribution in [2.24, 2.45) is 0 Å². The maximum atomic E-state index is 6.00. The van der Waals surface area contributed by atoms with Gasteiger partial charge in [-0.05, 0) is 18.6 Å². The zero-order valence-corrected chi connectivity index (χ0v) is 13.2. The molecule has 0 amide bonds. The number of fused-ring (bicyclic) bond motifs is 1. The average Bonchev–Trinajstić information content (AvgIpc) is 2.79. The Hall–Kier alpha value is -1.58. The molecular formula is C16H15Cl2N3. The summed E-state index contributed by atoms with van der Waals surface area (Å²) in [6.07, 6.45) is 2.36. The third-order valence-corrected chi connectivity index (χ3v) is 3.81. The van der Waals surface area contributed by atoms with Crippen molar-refractivity contribution in [3.63, 3.8) is 0 Å². The fraction of sp³-hybridized carbons (Fsp3) is 0.250. The summed E-state index contributed by atoms with van der Waals surface area (Å²) in [7, 11) is 0. The molecule has 21 heavy (non-hydrogen) atoms. The van der Waals surface area contributed by atoms with E-state index >= 15 is 0 Å². The lowest BCUT2D eigenvalue weighted by atomic mass is 10.1. The van der Waals surface area contributed by atoms with Crippen LogP contribution in [0.1, 0.15) is 17.0 Å². The minimum atomic E-state index is 0.533. The van der Waals surface area contributed by atoms with E-state index in [4.69, 9.17) is 23.2 Å². The monoisotopic (exact) mass is 319 g/mol. The van der Waals surface area contributed by atoms with E-state index < -0.39 is 0 Å². The Morgan fingerprint density at radius 1 is 1.19 bits per heavy atom. The second-order valence-electron chi connectivity index (χ2n) is 5.04. The molecule has 0 fully saturated rings. The van der Waals surface area contributed by atoms with E-state index in [1.807, 2.05) is 6.07 Å². The number of aryl methyl sites for hydroxylation is 2. The number of hydrogen-bond donors (Lipinski definition) is 0. The number of nitrogens with zero attached hydrogens (tertiary/aromatic N) is 3. The molecule has 5 heteroatoms. The predicted molar refractivity (Wildman–Crippen MR) is 87.2 cm³/mol. The number of imidazole rings is 1. The lowest BCUT2D eigenvalue weighted by molar-refractivity contribution is 0.747. The molecular weight excluding hydrogens is 305 g/mol. The molecule has 3 aromatic rings. The minimum Gasteiger partial charge on any atom is -0.308 e. The maximum Gasteiger partial charge on any atom is 0.160 e. The van der Waals surface area contributed by atoms with Crippen molar-refractivity contribution in [2.45, 2.75) is 19.9 Å². The highest BCUT2D eigenvalue weighted by Gasteiger charge is 2.12. The fourth-order valence-corrected chi connectivity index (χ4v) is 2.67. The molecule has 0 aliphatic rings. The molecule has 0 radical (unpaired) electrons. The lowest BCUT2D eigenvalue weighted by Gasteiger charge is -2.08. The summed E-state index contributed by atoms with van der Waals surface area (Å²) in [5.41, 5.74) is 4.13. The summed E-state index contributed by atoms with van der Waals surface area (Å²) in [5, 5.41) is 0.597. The molecule has 3 rings (SSSR count). The first kappa shape index (κ1) is 14.4. The fourth-order valence-electron chi connectivity index (χ4n) is 2.35. The van der Waals surface area contributed by atoms with Crippen molar-refractivity contribution in [3.8, 4) is 0 Å². The number of benzene rings is 1. The first-order valence-corrected chi connectivity index (χ1v) is 7.71. The maximum absolute atomic E-state index is 6.00. The number of halogens is 2. The SMILES string of the molecule is Cc1ccc(Cn2c(CCCl)nc3cc(Cl)cnc32)cc1. The number of rotatable bonds is 4. The first-order chi connectivity index (χ1) is 10.2. The van der Waals surface area contributed by atoms with Crippen LogP contribution in [0.2, 0.25) is 5.02 Å². The molecule has 0 aliphatic carbocycles. The van der Waals surface area contributed by atoms with Gasteiger partial charge in [-0.15, -0.1) is 11.6 Å². The van der Waals surface area contributed by atoms with Crippen LogP contribution in [-0.2, 0) is 13.0 Å². The largest absolute Gasteiger partial charge is 0.308 e. The normalized spacial score (nSPS) is 11.2. The molecule has 0 atom stereocenters. The van der Waals surface area contributed by atoms with Crippen molar-refractivity contribution < 1.29 is 0 Å². The van der Waals surface area contributed by atoms with Crippen LogP contribution in [0.25, 0.3) is 11.2 Å². The van der Waals surface area contributed by atoms with Crippen LogP contribution >= 0.6 is 23.2 Å². The number of pyridine rings is 1. The molecule has 2 heterocycles. The summed E-state index contributed by atoms with van der Waals surface area (Å²) in [6, 6.07) is 10.3. The second-order valence-corrected chi connectivity index (χ2v) is 5.85. The molecule has 0 unspecified atom stereocenters. The summed E-state index contributed by atoms with van der Waals surface area (Å²) >= 11 is 11.9. The van der Waals surface area contributed by atoms with Crippen molar-refractivity contribution in [3.05, 3.63) is 58.5 Å². The average molecular weight is 320 g/mol. The predicted octanol–water partition coefficient (Wildman–Crippen LogP) is 4.22. The van der Waals surface area contributed by atoms with E-state index in [1.165, 1.54) is 11.1 Å². The number of hydrogen-bond acceptors (Lipinski definition) is 2. The van der Waals surface area contributed by atoms with Gasteiger partial charge in [-0.25, -0.2) is 9.97 Å². The quantitative estimate of drug-likeness (QED) is 0.674. The Bertz CT molecular complexity index is 763. The Morgan fingerprint density at radius 2 is 1.95 bits per heavy atom. The van der Waals surface area contributed by atoms with Crippen LogP contribution in [-0.4, -0.2) is 20.4 Å². The topological polar surface area (TPSA) is 30.7 Å². The summed E-state index contributed by atoms with van der Waals surface area (Å²) in [6.45, 7) is 2.82. The van der Waals surface area contributed by atoms with Gasteiger partial charge in [0.25, 0.3) is 0 Å². The van der Waals surface area contributed by atoms with Gasteiger partial charge in [-0.1, -0.05) is 41.4 Å². The van der Waals surface area contributed by atoms with Crippen LogP contribution < -0.4 is 0 Å². The molecule has 0 aliphatic heterocycles. The third-order valence-electron chi connectivity index (χ3n) is 3.41. The van der Waals surface area contributed by atoms with Crippen LogP contribution in [0, 0.1) is 6.92 Å². The molecule has 0 N–H and O–H groups in total. The van der Waals surface area contributed by atoms with E-state index in [2.05, 4.69) is 45.7 Å². The third kappa shape index (κ3) is 3.04. The van der Waals surface area contributed by atoms with Gasteiger partial charge < -0.3 is 4.57 Å². The molecule has 1 aromatic carbocycles. The van der Waals surface area contributed by atoms with E-state index in [-0.39, 0.29) is 0 Å². The zero-order chi connectivity index (χ0) is 14.8. The van der Waals surface area contributed by atoms with E-state index in [0.29, 0.717) is 17.3 Å². The van der Waals surface area contributed by atoms with Gasteiger partial charge in [0.15, 0.2) is 5.65 Å². The summed E-state index contributed by atoms with van der Waals surface area (Å²) < 4.78 is 2.11. The van der Waals surface area contributed by atoms with E-state index in [1.54, 1.807) is 6.20 Å². The standard InChI is InChI=1S/C16H15Cl2N3/c1-11-2-4-12(5-3-11)10-21-15(6-7-17)20-14-8-13(18)9-19-16(14)21/h2-5,8-9H,6-7,10H2,1H3. The minimum absolute atomic E-state index is 0.533. The highest BCUT2D eigenvalue weighted by molar-refractivity contribution is 6.31. The van der Waals surface area contributed by atoms with Gasteiger partial charge in [-0.2, -0.15) is 0 Å². The van der Waals surface area contributed by atoms with E-state index in [0.717, 1.165) is 23.5 Å². The van der Waals surface area contributed by atoms with Crippen LogP contribution in [0.3, 0.4) is 0 Å². The second kappa shape index (κ2) is 6.04. The Balaban J connectivity index is 2.06. The van der Waals surface area contributed by atoms with Crippen molar-refractivity contribution in [2.75, 3.05) is 5.88 Å². The molecule has 0 saturated carbocycles. The smallest absolute Gasteiger partial charge is 0.160 e. The molecule has 3 nitrogen and oxygen atoms in total. The molecule has 108 valence electrons. The van der Waals surface area contributed by atoms with Gasteiger partial charge in [0.1, 0.15) is 11.3 Å². The number of aromatic nitrogens is 3. The van der Waals surface area contributed by atoms with Crippen LogP contribution in [0.15, 0.2) is 36.5 Å². The van der Waals surface area contributed by atoms with Gasteiger partial charge in [0, 0.05) is 18.5 Å². The Labute approximate surface area is 133 Å². The van der Waals surface area contributed by atoms with Crippen LogP contribution in [0.4, 0.5) is 0 Å². The Morgan fingerprint density at radius 3 is 2.67 bits per heavy atom. The Kier molecular flexibility index (Phi) is 4.13.